The van der Waals surface area contributed by atoms with Crippen LogP contribution in [0.5, 0.6) is 0 Å². The highest BCUT2D eigenvalue weighted by Gasteiger charge is 2.15. The molecule has 6 heteroatoms. The Morgan fingerprint density at radius 2 is 1.86 bits per heavy atom. The fraction of sp³-hybridized carbons (Fsp3) is 0.364. The molecule has 0 unspecified atom stereocenters. The third-order valence-corrected chi connectivity index (χ3v) is 7.19. The minimum atomic E-state index is 0.0920. The number of carbonyl (C=O) groups excluding carboxylic acids is 1. The van der Waals surface area contributed by atoms with E-state index in [4.69, 9.17) is 0 Å². The number of thioether (sulfide) groups is 1. The van der Waals surface area contributed by atoms with Crippen LogP contribution < -0.4 is 10.2 Å². The maximum absolute atomic E-state index is 12.4. The zero-order valence-corrected chi connectivity index (χ0v) is 17.5. The number of hydrogen-bond acceptors (Lipinski definition) is 5. The monoisotopic (exact) mass is 411 g/mol. The number of para-hydroxylation sites is 3. The Morgan fingerprint density at radius 1 is 1.07 bits per heavy atom. The Labute approximate surface area is 174 Å². The zero-order chi connectivity index (χ0) is 19.2. The zero-order valence-electron chi connectivity index (χ0n) is 15.9. The van der Waals surface area contributed by atoms with Crippen molar-refractivity contribution in [3.63, 3.8) is 0 Å². The number of nitrogens with zero attached hydrogens (tertiary/aromatic N) is 2. The molecule has 146 valence electrons. The van der Waals surface area contributed by atoms with Gasteiger partial charge in [-0.3, -0.25) is 4.79 Å². The molecule has 1 aromatic heterocycles. The lowest BCUT2D eigenvalue weighted by Gasteiger charge is -2.30. The maximum atomic E-state index is 12.4. The number of fused-ring (bicyclic) bond motifs is 1. The summed E-state index contributed by atoms with van der Waals surface area (Å²) >= 11 is 3.46. The standard InChI is InChI=1S/C22H25N3OS2/c26-21(13-8-16-27-22-24-18-10-3-5-12-20(18)28-22)23-17-9-2-4-11-19(17)25-14-6-1-7-15-25/h2-5,9-12H,1,6-8,13-16H2,(H,23,26). The van der Waals surface area contributed by atoms with E-state index in [1.54, 1.807) is 23.1 Å². The number of carbonyl (C=O) groups is 1. The van der Waals surface area contributed by atoms with Gasteiger partial charge >= 0.3 is 0 Å². The number of piperidine rings is 1. The average Bonchev–Trinajstić information content (AvgIpc) is 3.15. The lowest BCUT2D eigenvalue weighted by Crippen LogP contribution is -2.30. The van der Waals surface area contributed by atoms with Crippen molar-refractivity contribution >= 4 is 50.6 Å². The van der Waals surface area contributed by atoms with Gasteiger partial charge in [0.05, 0.1) is 21.6 Å². The first-order valence-corrected chi connectivity index (χ1v) is 11.7. The Bertz CT molecular complexity index is 901. The summed E-state index contributed by atoms with van der Waals surface area (Å²) in [5.41, 5.74) is 3.15. The van der Waals surface area contributed by atoms with Gasteiger partial charge in [0, 0.05) is 25.3 Å². The molecule has 1 aliphatic rings. The molecule has 4 rings (SSSR count). The highest BCUT2D eigenvalue weighted by Crippen LogP contribution is 2.30. The molecule has 3 aromatic rings. The molecule has 0 spiro atoms. The van der Waals surface area contributed by atoms with Crippen molar-refractivity contribution in [2.24, 2.45) is 0 Å². The number of rotatable bonds is 7. The Morgan fingerprint density at radius 3 is 2.71 bits per heavy atom. The van der Waals surface area contributed by atoms with Crippen LogP contribution in [0.3, 0.4) is 0 Å². The molecule has 1 N–H and O–H groups in total. The molecule has 2 heterocycles. The molecule has 0 radical (unpaired) electrons. The minimum Gasteiger partial charge on any atom is -0.370 e. The first kappa shape index (κ1) is 19.3. The SMILES string of the molecule is O=C(CCCSc1nc2ccccc2s1)Nc1ccccc1N1CCCCC1. The smallest absolute Gasteiger partial charge is 0.224 e. The summed E-state index contributed by atoms with van der Waals surface area (Å²) in [5, 5.41) is 3.13. The van der Waals surface area contributed by atoms with Crippen LogP contribution in [0.15, 0.2) is 52.9 Å². The predicted molar refractivity (Wildman–Crippen MR) is 121 cm³/mol. The van der Waals surface area contributed by atoms with Gasteiger partial charge in [-0.15, -0.1) is 11.3 Å². The van der Waals surface area contributed by atoms with Crippen molar-refractivity contribution < 1.29 is 4.79 Å². The van der Waals surface area contributed by atoms with Crippen molar-refractivity contribution in [3.8, 4) is 0 Å². The summed E-state index contributed by atoms with van der Waals surface area (Å²) in [6.45, 7) is 2.15. The van der Waals surface area contributed by atoms with Crippen molar-refractivity contribution in [2.45, 2.75) is 36.4 Å². The molecule has 1 saturated heterocycles. The first-order chi connectivity index (χ1) is 13.8. The average molecular weight is 412 g/mol. The van der Waals surface area contributed by atoms with Crippen LogP contribution in [-0.2, 0) is 4.79 Å². The molecule has 1 aliphatic heterocycles. The lowest BCUT2D eigenvalue weighted by atomic mass is 10.1. The molecule has 4 nitrogen and oxygen atoms in total. The Hall–Kier alpha value is -2.05. The van der Waals surface area contributed by atoms with Gasteiger partial charge in [-0.1, -0.05) is 36.0 Å². The van der Waals surface area contributed by atoms with Crippen molar-refractivity contribution in [1.29, 1.82) is 0 Å². The highest BCUT2D eigenvalue weighted by molar-refractivity contribution is 8.01. The van der Waals surface area contributed by atoms with E-state index < -0.39 is 0 Å². The molecular formula is C22H25N3OS2. The van der Waals surface area contributed by atoms with E-state index in [2.05, 4.69) is 27.3 Å². The summed E-state index contributed by atoms with van der Waals surface area (Å²) in [6, 6.07) is 16.4. The molecule has 1 fully saturated rings. The third-order valence-electron chi connectivity index (χ3n) is 4.92. The fourth-order valence-electron chi connectivity index (χ4n) is 3.51. The number of hydrogen-bond donors (Lipinski definition) is 1. The van der Waals surface area contributed by atoms with Crippen LogP contribution in [0.2, 0.25) is 0 Å². The van der Waals surface area contributed by atoms with Crippen molar-refractivity contribution in [2.75, 3.05) is 29.1 Å². The predicted octanol–water partition coefficient (Wildman–Crippen LogP) is 5.80. The number of anilines is 2. The Kier molecular flexibility index (Phi) is 6.49. The van der Waals surface area contributed by atoms with E-state index >= 15 is 0 Å². The highest BCUT2D eigenvalue weighted by atomic mass is 32.2. The molecule has 28 heavy (non-hydrogen) atoms. The van der Waals surface area contributed by atoms with Gasteiger partial charge in [-0.25, -0.2) is 4.98 Å². The molecule has 0 bridgehead atoms. The van der Waals surface area contributed by atoms with E-state index in [-0.39, 0.29) is 5.91 Å². The summed E-state index contributed by atoms with van der Waals surface area (Å²) in [6.07, 6.45) is 5.14. The van der Waals surface area contributed by atoms with Crippen LogP contribution in [0, 0.1) is 0 Å². The van der Waals surface area contributed by atoms with E-state index in [1.165, 1.54) is 24.0 Å². The van der Waals surface area contributed by atoms with Gasteiger partial charge in [0.25, 0.3) is 0 Å². The first-order valence-electron chi connectivity index (χ1n) is 9.92. The van der Waals surface area contributed by atoms with Crippen LogP contribution in [0.1, 0.15) is 32.1 Å². The molecule has 0 atom stereocenters. The quantitative estimate of drug-likeness (QED) is 0.394. The minimum absolute atomic E-state index is 0.0920. The molecule has 0 saturated carbocycles. The van der Waals surface area contributed by atoms with Crippen LogP contribution in [0.4, 0.5) is 11.4 Å². The Balaban J connectivity index is 1.26. The largest absolute Gasteiger partial charge is 0.370 e. The summed E-state index contributed by atoms with van der Waals surface area (Å²) < 4.78 is 2.30. The van der Waals surface area contributed by atoms with E-state index in [0.29, 0.717) is 6.42 Å². The number of thiazole rings is 1. The van der Waals surface area contributed by atoms with Crippen LogP contribution in [0.25, 0.3) is 10.2 Å². The summed E-state index contributed by atoms with van der Waals surface area (Å²) in [7, 11) is 0. The molecule has 1 amide bonds. The topological polar surface area (TPSA) is 45.2 Å². The van der Waals surface area contributed by atoms with Crippen molar-refractivity contribution in [3.05, 3.63) is 48.5 Å². The number of amides is 1. The summed E-state index contributed by atoms with van der Waals surface area (Å²) in [5.74, 6) is 0.996. The second kappa shape index (κ2) is 9.43. The lowest BCUT2D eigenvalue weighted by molar-refractivity contribution is -0.116. The number of aromatic nitrogens is 1. The van der Waals surface area contributed by atoms with Gasteiger partial charge in [-0.2, -0.15) is 0 Å². The second-order valence-electron chi connectivity index (χ2n) is 7.01. The van der Waals surface area contributed by atoms with Gasteiger partial charge < -0.3 is 10.2 Å². The van der Waals surface area contributed by atoms with Crippen LogP contribution in [-0.4, -0.2) is 29.7 Å². The van der Waals surface area contributed by atoms with Gasteiger partial charge in [0.15, 0.2) is 4.34 Å². The van der Waals surface area contributed by atoms with Gasteiger partial charge in [-0.05, 0) is 49.9 Å². The number of benzene rings is 2. The molecular weight excluding hydrogens is 386 g/mol. The third kappa shape index (κ3) is 4.86. The van der Waals surface area contributed by atoms with E-state index in [0.717, 1.165) is 46.5 Å². The van der Waals surface area contributed by atoms with Crippen LogP contribution >= 0.6 is 23.1 Å². The van der Waals surface area contributed by atoms with Gasteiger partial charge in [0.2, 0.25) is 5.91 Å². The van der Waals surface area contributed by atoms with Crippen molar-refractivity contribution in [1.82, 2.24) is 4.98 Å². The second-order valence-corrected chi connectivity index (χ2v) is 9.39. The summed E-state index contributed by atoms with van der Waals surface area (Å²) in [4.78, 5) is 19.5. The molecule has 0 aliphatic carbocycles. The van der Waals surface area contributed by atoms with E-state index in [9.17, 15) is 4.79 Å². The van der Waals surface area contributed by atoms with Gasteiger partial charge in [0.1, 0.15) is 0 Å². The maximum Gasteiger partial charge on any atom is 0.224 e. The molecule has 2 aromatic carbocycles. The number of nitrogens with one attached hydrogen (secondary N) is 1. The normalized spacial score (nSPS) is 14.4. The van der Waals surface area contributed by atoms with E-state index in [1.807, 2.05) is 36.4 Å². The fourth-order valence-corrected chi connectivity index (χ4v) is 5.59.